The first-order valence-corrected chi connectivity index (χ1v) is 5.03. The molecule has 0 atom stereocenters. The summed E-state index contributed by atoms with van der Waals surface area (Å²) in [7, 11) is 0. The van der Waals surface area contributed by atoms with E-state index in [4.69, 9.17) is 10.8 Å². The zero-order chi connectivity index (χ0) is 13.2. The Morgan fingerprint density at radius 1 is 1.59 bits per heavy atom. The Labute approximate surface area is 98.4 Å². The molecule has 94 valence electrons. The van der Waals surface area contributed by atoms with Gasteiger partial charge in [0, 0.05) is 11.8 Å². The fraction of sp³-hybridized carbons (Fsp3) is 0.455. The molecule has 1 amide bonds. The van der Waals surface area contributed by atoms with Crippen LogP contribution >= 0.6 is 0 Å². The van der Waals surface area contributed by atoms with Gasteiger partial charge in [-0.3, -0.25) is 4.98 Å². The van der Waals surface area contributed by atoms with Crippen LogP contribution in [0, 0.1) is 5.82 Å². The van der Waals surface area contributed by atoms with Crippen LogP contribution in [0.3, 0.4) is 0 Å². The first-order valence-electron chi connectivity index (χ1n) is 5.03. The lowest BCUT2D eigenvalue weighted by atomic mass is 9.87. The first kappa shape index (κ1) is 13.4. The number of carbonyl (C=O) groups excluding carboxylic acids is 1. The molecule has 0 aliphatic rings. The van der Waals surface area contributed by atoms with E-state index in [9.17, 15) is 9.18 Å². The molecular weight excluding hydrogens is 227 g/mol. The Bertz CT molecular complexity index is 441. The quantitative estimate of drug-likeness (QED) is 0.822. The fourth-order valence-electron chi connectivity index (χ4n) is 1.35. The van der Waals surface area contributed by atoms with Gasteiger partial charge in [0.15, 0.2) is 11.6 Å². The highest BCUT2D eigenvalue weighted by molar-refractivity contribution is 5.69. The predicted octanol–water partition coefficient (Wildman–Crippen LogP) is 1.47. The molecule has 1 aromatic heterocycles. The van der Waals surface area contributed by atoms with Gasteiger partial charge in [0.1, 0.15) is 5.69 Å². The summed E-state index contributed by atoms with van der Waals surface area (Å²) in [4.78, 5) is 14.5. The van der Waals surface area contributed by atoms with Gasteiger partial charge in [0.2, 0.25) is 0 Å². The van der Waals surface area contributed by atoms with Gasteiger partial charge in [-0.15, -0.1) is 0 Å². The van der Waals surface area contributed by atoms with Gasteiger partial charge in [0.05, 0.1) is 6.61 Å². The van der Waals surface area contributed by atoms with Crippen molar-refractivity contribution in [3.63, 3.8) is 0 Å². The number of aromatic nitrogens is 1. The molecule has 0 bridgehead atoms. The van der Waals surface area contributed by atoms with Gasteiger partial charge in [0.25, 0.3) is 0 Å². The minimum Gasteiger partial charge on any atom is -0.407 e. The lowest BCUT2D eigenvalue weighted by Gasteiger charge is -2.22. The number of nitrogens with zero attached hydrogens (tertiary/aromatic N) is 1. The molecule has 6 heteroatoms. The van der Waals surface area contributed by atoms with E-state index in [0.717, 1.165) is 0 Å². The number of hydrogen-bond donors (Lipinski definition) is 2. The van der Waals surface area contributed by atoms with E-state index in [-0.39, 0.29) is 11.4 Å². The molecule has 0 spiro atoms. The van der Waals surface area contributed by atoms with Crippen molar-refractivity contribution in [2.24, 2.45) is 5.73 Å². The van der Waals surface area contributed by atoms with E-state index in [0.29, 0.717) is 5.56 Å². The van der Waals surface area contributed by atoms with Crippen molar-refractivity contribution in [3.8, 4) is 5.75 Å². The number of amides is 1. The molecular formula is C11H15FN2O3. The summed E-state index contributed by atoms with van der Waals surface area (Å²) in [6.45, 7) is 4.87. The van der Waals surface area contributed by atoms with E-state index in [2.05, 4.69) is 9.72 Å². The second kappa shape index (κ2) is 4.67. The summed E-state index contributed by atoms with van der Waals surface area (Å²) < 4.78 is 18.5. The molecule has 0 saturated carbocycles. The van der Waals surface area contributed by atoms with Crippen molar-refractivity contribution in [1.82, 2.24) is 4.98 Å². The van der Waals surface area contributed by atoms with Gasteiger partial charge in [-0.2, -0.15) is 0 Å². The Balaban J connectivity index is 3.41. The number of ether oxygens (including phenoxy) is 1. The number of rotatable bonds is 2. The number of aliphatic hydroxyl groups is 1. The highest BCUT2D eigenvalue weighted by atomic mass is 19.1. The minimum atomic E-state index is -1.11. The average molecular weight is 242 g/mol. The molecule has 17 heavy (non-hydrogen) atoms. The normalized spacial score (nSPS) is 11.4. The maximum atomic E-state index is 13.9. The molecule has 0 unspecified atom stereocenters. The van der Waals surface area contributed by atoms with Crippen LogP contribution in [0.1, 0.15) is 32.0 Å². The number of nitrogens with two attached hydrogens (primary N) is 1. The van der Waals surface area contributed by atoms with Crippen LogP contribution < -0.4 is 10.5 Å². The van der Waals surface area contributed by atoms with Crippen LogP contribution in [0.25, 0.3) is 0 Å². The monoisotopic (exact) mass is 242 g/mol. The molecule has 1 heterocycles. The zero-order valence-corrected chi connectivity index (χ0v) is 9.95. The molecule has 0 aliphatic heterocycles. The smallest absolute Gasteiger partial charge is 0.407 e. The summed E-state index contributed by atoms with van der Waals surface area (Å²) in [6, 6.07) is 0. The maximum Gasteiger partial charge on any atom is 0.410 e. The Morgan fingerprint density at radius 3 is 2.59 bits per heavy atom. The lowest BCUT2D eigenvalue weighted by molar-refractivity contribution is 0.206. The molecule has 3 N–H and O–H groups in total. The lowest BCUT2D eigenvalue weighted by Crippen LogP contribution is -2.22. The molecule has 0 radical (unpaired) electrons. The SMILES string of the molecule is CC(C)(C)c1cnc(CO)c(F)c1OC(N)=O. The Hall–Kier alpha value is -1.69. The summed E-state index contributed by atoms with van der Waals surface area (Å²) in [5.41, 5.74) is 4.64. The van der Waals surface area contributed by atoms with Gasteiger partial charge in [-0.1, -0.05) is 20.8 Å². The molecule has 1 rings (SSSR count). The second-order valence-electron chi connectivity index (χ2n) is 4.59. The molecule has 1 aromatic rings. The van der Waals surface area contributed by atoms with Gasteiger partial charge >= 0.3 is 6.09 Å². The minimum absolute atomic E-state index is 0.186. The van der Waals surface area contributed by atoms with E-state index in [1.54, 1.807) is 0 Å². The van der Waals surface area contributed by atoms with E-state index < -0.39 is 23.9 Å². The summed E-state index contributed by atoms with van der Waals surface area (Å²) in [6.07, 6.45) is 0.261. The summed E-state index contributed by atoms with van der Waals surface area (Å²) >= 11 is 0. The molecule has 0 aromatic carbocycles. The van der Waals surface area contributed by atoms with Gasteiger partial charge in [-0.25, -0.2) is 9.18 Å². The predicted molar refractivity (Wildman–Crippen MR) is 59.0 cm³/mol. The maximum absolute atomic E-state index is 13.9. The fourth-order valence-corrected chi connectivity index (χ4v) is 1.35. The number of pyridine rings is 1. The van der Waals surface area contributed by atoms with Crippen molar-refractivity contribution in [2.75, 3.05) is 0 Å². The van der Waals surface area contributed by atoms with Crippen LogP contribution in [-0.4, -0.2) is 16.2 Å². The average Bonchev–Trinajstić information content (AvgIpc) is 2.18. The molecule has 0 aliphatic carbocycles. The van der Waals surface area contributed by atoms with Gasteiger partial charge in [-0.05, 0) is 5.41 Å². The zero-order valence-electron chi connectivity index (χ0n) is 9.95. The summed E-state index contributed by atoms with van der Waals surface area (Å²) in [5, 5.41) is 8.90. The largest absolute Gasteiger partial charge is 0.410 e. The number of carbonyl (C=O) groups is 1. The number of aliphatic hydroxyl groups excluding tert-OH is 1. The van der Waals surface area contributed by atoms with E-state index in [1.807, 2.05) is 20.8 Å². The van der Waals surface area contributed by atoms with E-state index in [1.165, 1.54) is 6.20 Å². The van der Waals surface area contributed by atoms with Crippen molar-refractivity contribution in [1.29, 1.82) is 0 Å². The second-order valence-corrected chi connectivity index (χ2v) is 4.59. The Kier molecular flexibility index (Phi) is 3.67. The van der Waals surface area contributed by atoms with E-state index >= 15 is 0 Å². The number of hydrogen-bond acceptors (Lipinski definition) is 4. The third kappa shape index (κ3) is 2.91. The summed E-state index contributed by atoms with van der Waals surface area (Å²) in [5.74, 6) is -1.14. The Morgan fingerprint density at radius 2 is 2.18 bits per heavy atom. The first-order chi connectivity index (χ1) is 7.77. The van der Waals surface area contributed by atoms with Crippen LogP contribution in [0.15, 0.2) is 6.20 Å². The molecule has 5 nitrogen and oxygen atoms in total. The highest BCUT2D eigenvalue weighted by Gasteiger charge is 2.25. The molecule has 0 fully saturated rings. The number of halogens is 1. The third-order valence-corrected chi connectivity index (χ3v) is 2.21. The van der Waals surface area contributed by atoms with Crippen molar-refractivity contribution in [2.45, 2.75) is 32.8 Å². The topological polar surface area (TPSA) is 85.4 Å². The number of primary amides is 1. The standard InChI is InChI=1S/C11H15FN2O3/c1-11(2,3)6-4-14-7(5-15)8(12)9(6)17-10(13)16/h4,15H,5H2,1-3H3,(H2,13,16). The molecule has 0 saturated heterocycles. The van der Waals surface area contributed by atoms with Crippen molar-refractivity contribution < 1.29 is 19.0 Å². The third-order valence-electron chi connectivity index (χ3n) is 2.21. The van der Waals surface area contributed by atoms with Crippen molar-refractivity contribution >= 4 is 6.09 Å². The van der Waals surface area contributed by atoms with Gasteiger partial charge < -0.3 is 15.6 Å². The van der Waals surface area contributed by atoms with Crippen LogP contribution in [-0.2, 0) is 12.0 Å². The van der Waals surface area contributed by atoms with Crippen LogP contribution in [0.2, 0.25) is 0 Å². The van der Waals surface area contributed by atoms with Crippen LogP contribution in [0.4, 0.5) is 9.18 Å². The highest BCUT2D eigenvalue weighted by Crippen LogP contribution is 2.33. The van der Waals surface area contributed by atoms with Crippen molar-refractivity contribution in [3.05, 3.63) is 23.3 Å². The van der Waals surface area contributed by atoms with Crippen LogP contribution in [0.5, 0.6) is 5.75 Å².